The summed E-state index contributed by atoms with van der Waals surface area (Å²) in [5.41, 5.74) is 0. The molecule has 0 spiro atoms. The quantitative estimate of drug-likeness (QED) is 0.0255. The number of allylic oxidation sites excluding steroid dienone is 8. The van der Waals surface area contributed by atoms with Crippen molar-refractivity contribution in [2.45, 2.75) is 154 Å². The van der Waals surface area contributed by atoms with E-state index in [0.29, 0.717) is 12.8 Å². The number of ether oxygens (including phenoxy) is 2. The van der Waals surface area contributed by atoms with Crippen LogP contribution in [0.3, 0.4) is 0 Å². The fourth-order valence-corrected chi connectivity index (χ4v) is 5.36. The minimum Gasteiger partial charge on any atom is -0.462 e. The molecule has 0 fully saturated rings. The van der Waals surface area contributed by atoms with Crippen molar-refractivity contribution < 1.29 is 47.8 Å². The molecular formula is C38H67O10P. The summed E-state index contributed by atoms with van der Waals surface area (Å²) in [5.74, 6) is -0.962. The van der Waals surface area contributed by atoms with E-state index in [1.165, 1.54) is 12.8 Å². The van der Waals surface area contributed by atoms with E-state index in [4.69, 9.17) is 19.1 Å². The molecule has 0 radical (unpaired) electrons. The van der Waals surface area contributed by atoms with Crippen LogP contribution >= 0.6 is 7.82 Å². The van der Waals surface area contributed by atoms with Gasteiger partial charge in [0, 0.05) is 12.8 Å². The number of aliphatic hydroxyl groups excluding tert-OH is 2. The van der Waals surface area contributed by atoms with Gasteiger partial charge in [0.15, 0.2) is 6.10 Å². The van der Waals surface area contributed by atoms with Gasteiger partial charge in [-0.2, -0.15) is 0 Å². The fourth-order valence-electron chi connectivity index (χ4n) is 4.57. The Bertz CT molecular complexity index is 962. The molecule has 0 aromatic heterocycles. The van der Waals surface area contributed by atoms with Gasteiger partial charge in [0.2, 0.25) is 0 Å². The van der Waals surface area contributed by atoms with E-state index in [1.54, 1.807) is 0 Å². The molecule has 0 aliphatic rings. The molecule has 0 aromatic rings. The van der Waals surface area contributed by atoms with Crippen LogP contribution in [0, 0.1) is 0 Å². The third-order valence-electron chi connectivity index (χ3n) is 7.47. The summed E-state index contributed by atoms with van der Waals surface area (Å²) in [7, 11) is -4.62. The van der Waals surface area contributed by atoms with E-state index in [1.807, 2.05) is 0 Å². The van der Waals surface area contributed by atoms with Gasteiger partial charge in [-0.25, -0.2) is 4.57 Å². The molecule has 1 unspecified atom stereocenters. The summed E-state index contributed by atoms with van der Waals surface area (Å²) in [4.78, 5) is 34.8. The Morgan fingerprint density at radius 3 is 1.71 bits per heavy atom. The molecule has 0 aliphatic heterocycles. The van der Waals surface area contributed by atoms with Crippen molar-refractivity contribution >= 4 is 19.8 Å². The van der Waals surface area contributed by atoms with Gasteiger partial charge in [0.25, 0.3) is 0 Å². The second kappa shape index (κ2) is 34.4. The first-order valence-electron chi connectivity index (χ1n) is 18.6. The van der Waals surface area contributed by atoms with Crippen LogP contribution in [0.2, 0.25) is 0 Å². The maximum atomic E-state index is 12.5. The highest BCUT2D eigenvalue weighted by Crippen LogP contribution is 2.43. The Hall–Kier alpha value is -2.07. The van der Waals surface area contributed by atoms with E-state index in [9.17, 15) is 24.2 Å². The van der Waals surface area contributed by atoms with Gasteiger partial charge in [-0.1, -0.05) is 114 Å². The van der Waals surface area contributed by atoms with Crippen LogP contribution in [-0.2, 0) is 32.7 Å². The van der Waals surface area contributed by atoms with Crippen molar-refractivity contribution in [1.29, 1.82) is 0 Å². The second-order valence-electron chi connectivity index (χ2n) is 12.2. The summed E-state index contributed by atoms with van der Waals surface area (Å²) in [6.45, 7) is 2.17. The molecule has 3 N–H and O–H groups in total. The molecule has 0 heterocycles. The molecule has 0 saturated carbocycles. The van der Waals surface area contributed by atoms with Gasteiger partial charge >= 0.3 is 19.8 Å². The lowest BCUT2D eigenvalue weighted by molar-refractivity contribution is -0.161. The van der Waals surface area contributed by atoms with Crippen molar-refractivity contribution in [3.63, 3.8) is 0 Å². The van der Waals surface area contributed by atoms with Gasteiger partial charge in [0.1, 0.15) is 12.7 Å². The lowest BCUT2D eigenvalue weighted by Crippen LogP contribution is -2.29. The summed E-state index contributed by atoms with van der Waals surface area (Å²) < 4.78 is 32.5. The minimum absolute atomic E-state index is 0.161. The molecule has 0 amide bonds. The molecule has 49 heavy (non-hydrogen) atoms. The number of carbonyl (C=O) groups excluding carboxylic acids is 2. The van der Waals surface area contributed by atoms with Crippen LogP contribution in [-0.4, -0.2) is 65.7 Å². The van der Waals surface area contributed by atoms with Crippen molar-refractivity contribution in [3.05, 3.63) is 48.6 Å². The molecule has 0 bridgehead atoms. The standard InChI is InChI=1S/C38H67O10P/c1-3-5-7-9-11-13-15-16-17-18-20-22-24-26-28-30-38(42)48-36(34-47-49(43,44)46-32-35(40)31-39)33-45-37(41)29-27-25-23-21-19-14-12-10-8-6-4-2/h5,7,10-13,16-17,35-36,39-40H,3-4,6,8-9,14-15,18-34H2,1-2H3,(H,43,44)/b7-5-,12-10-,13-11-,17-16-/t35-,36+/m0/s1. The largest absolute Gasteiger partial charge is 0.472 e. The Kier molecular flexibility index (Phi) is 32.9. The van der Waals surface area contributed by atoms with Crippen molar-refractivity contribution in [3.8, 4) is 0 Å². The van der Waals surface area contributed by atoms with Crippen LogP contribution in [0.4, 0.5) is 0 Å². The molecule has 0 rings (SSSR count). The first-order chi connectivity index (χ1) is 23.7. The monoisotopic (exact) mass is 714 g/mol. The van der Waals surface area contributed by atoms with Gasteiger partial charge in [-0.3, -0.25) is 18.6 Å². The predicted molar refractivity (Wildman–Crippen MR) is 196 cm³/mol. The number of carbonyl (C=O) groups is 2. The molecule has 11 heteroatoms. The minimum atomic E-state index is -4.62. The Labute approximate surface area is 296 Å². The summed E-state index contributed by atoms with van der Waals surface area (Å²) in [6.07, 6.45) is 33.7. The van der Waals surface area contributed by atoms with Crippen LogP contribution in [0.25, 0.3) is 0 Å². The zero-order valence-electron chi connectivity index (χ0n) is 30.4. The predicted octanol–water partition coefficient (Wildman–Crippen LogP) is 8.99. The topological polar surface area (TPSA) is 149 Å². The van der Waals surface area contributed by atoms with Crippen LogP contribution in [0.5, 0.6) is 0 Å². The number of hydrogen-bond donors (Lipinski definition) is 3. The Morgan fingerprint density at radius 1 is 0.633 bits per heavy atom. The molecule has 3 atom stereocenters. The highest BCUT2D eigenvalue weighted by Gasteiger charge is 2.27. The second-order valence-corrected chi connectivity index (χ2v) is 13.7. The smallest absolute Gasteiger partial charge is 0.462 e. The highest BCUT2D eigenvalue weighted by atomic mass is 31.2. The number of phosphoric acid groups is 1. The maximum Gasteiger partial charge on any atom is 0.472 e. The van der Waals surface area contributed by atoms with Crippen molar-refractivity contribution in [2.24, 2.45) is 0 Å². The zero-order chi connectivity index (χ0) is 36.3. The summed E-state index contributed by atoms with van der Waals surface area (Å²) in [6, 6.07) is 0. The number of esters is 2. The Balaban J connectivity index is 4.43. The molecule has 10 nitrogen and oxygen atoms in total. The van der Waals surface area contributed by atoms with Crippen molar-refractivity contribution in [1.82, 2.24) is 0 Å². The lowest BCUT2D eigenvalue weighted by Gasteiger charge is -2.20. The lowest BCUT2D eigenvalue weighted by atomic mass is 10.1. The summed E-state index contributed by atoms with van der Waals surface area (Å²) >= 11 is 0. The number of rotatable bonds is 34. The van der Waals surface area contributed by atoms with Crippen LogP contribution in [0.1, 0.15) is 142 Å². The van der Waals surface area contributed by atoms with E-state index in [0.717, 1.165) is 89.9 Å². The average Bonchev–Trinajstić information content (AvgIpc) is 3.09. The number of phosphoric ester groups is 1. The van der Waals surface area contributed by atoms with E-state index < -0.39 is 51.8 Å². The molecule has 0 aliphatic carbocycles. The molecule has 284 valence electrons. The molecular weight excluding hydrogens is 647 g/mol. The normalized spacial score (nSPS) is 14.6. The van der Waals surface area contributed by atoms with Crippen LogP contribution < -0.4 is 0 Å². The van der Waals surface area contributed by atoms with Gasteiger partial charge in [-0.05, 0) is 64.2 Å². The van der Waals surface area contributed by atoms with E-state index in [-0.39, 0.29) is 19.4 Å². The zero-order valence-corrected chi connectivity index (χ0v) is 31.3. The fraction of sp³-hybridized carbons (Fsp3) is 0.737. The van der Waals surface area contributed by atoms with Crippen molar-refractivity contribution in [2.75, 3.05) is 26.4 Å². The maximum absolute atomic E-state index is 12.5. The third kappa shape index (κ3) is 34.2. The number of unbranched alkanes of at least 4 members (excludes halogenated alkanes) is 12. The van der Waals surface area contributed by atoms with Gasteiger partial charge in [0.05, 0.1) is 19.8 Å². The highest BCUT2D eigenvalue weighted by molar-refractivity contribution is 7.47. The van der Waals surface area contributed by atoms with Crippen LogP contribution in [0.15, 0.2) is 48.6 Å². The molecule has 0 saturated heterocycles. The first-order valence-corrected chi connectivity index (χ1v) is 20.1. The van der Waals surface area contributed by atoms with E-state index in [2.05, 4.69) is 67.0 Å². The number of hydrogen-bond acceptors (Lipinski definition) is 9. The summed E-state index contributed by atoms with van der Waals surface area (Å²) in [5, 5.41) is 18.3. The first kappa shape index (κ1) is 46.9. The van der Waals surface area contributed by atoms with E-state index >= 15 is 0 Å². The SMILES string of the molecule is CC/C=C\C/C=C\C/C=C\CCCCCCCC(=O)O[C@H](COC(=O)CCCCCCC/C=C\CCCC)COP(=O)(O)OC[C@@H](O)CO. The third-order valence-corrected chi connectivity index (χ3v) is 8.42. The van der Waals surface area contributed by atoms with Gasteiger partial charge in [-0.15, -0.1) is 0 Å². The average molecular weight is 715 g/mol. The number of aliphatic hydroxyl groups is 2. The molecule has 0 aromatic carbocycles. The Morgan fingerprint density at radius 2 is 1.12 bits per heavy atom. The van der Waals surface area contributed by atoms with Gasteiger partial charge < -0.3 is 24.6 Å².